The van der Waals surface area contributed by atoms with Crippen LogP contribution in [0.25, 0.3) is 11.2 Å². The van der Waals surface area contributed by atoms with Crippen LogP contribution >= 0.6 is 11.6 Å². The van der Waals surface area contributed by atoms with E-state index in [0.717, 1.165) is 5.65 Å². The van der Waals surface area contributed by atoms with Crippen LogP contribution in [-0.2, 0) is 7.05 Å². The van der Waals surface area contributed by atoms with Crippen molar-refractivity contribution in [3.05, 3.63) is 17.3 Å². The molecule has 0 aliphatic carbocycles. The van der Waals surface area contributed by atoms with Gasteiger partial charge in [-0.25, -0.2) is 15.0 Å². The molecule has 0 saturated heterocycles. The van der Waals surface area contributed by atoms with Crippen LogP contribution in [0.15, 0.2) is 6.33 Å². The monoisotopic (exact) mass is 182 g/mol. The highest BCUT2D eigenvalue weighted by molar-refractivity contribution is 6.33. The highest BCUT2D eigenvalue weighted by Gasteiger charge is 2.06. The molecule has 2 heterocycles. The standard InChI is InChI=1S/C7H7ClN4/c1-4-10-6(8)5-7(11-4)12(2)3-9-5/h3H,1-2H3. The third-order valence-corrected chi connectivity index (χ3v) is 1.89. The number of aromatic nitrogens is 4. The molecule has 2 aromatic heterocycles. The van der Waals surface area contributed by atoms with Crippen molar-refractivity contribution in [2.75, 3.05) is 0 Å². The summed E-state index contributed by atoms with van der Waals surface area (Å²) in [4.78, 5) is 12.3. The Morgan fingerprint density at radius 3 is 2.92 bits per heavy atom. The summed E-state index contributed by atoms with van der Waals surface area (Å²) in [6.07, 6.45) is 1.67. The molecule has 2 aromatic rings. The van der Waals surface area contributed by atoms with Crippen molar-refractivity contribution in [2.24, 2.45) is 7.05 Å². The van der Waals surface area contributed by atoms with Crippen molar-refractivity contribution in [3.63, 3.8) is 0 Å². The molecule has 0 fully saturated rings. The number of hydrogen-bond acceptors (Lipinski definition) is 3. The molecule has 2 rings (SSSR count). The number of imidazole rings is 1. The predicted molar refractivity (Wildman–Crippen MR) is 46.1 cm³/mol. The van der Waals surface area contributed by atoms with Crippen molar-refractivity contribution >= 4 is 22.8 Å². The lowest BCUT2D eigenvalue weighted by molar-refractivity contribution is 0.920. The SMILES string of the molecule is Cc1nc(Cl)c2ncn(C)c2n1. The molecule has 62 valence electrons. The quantitative estimate of drug-likeness (QED) is 0.578. The average Bonchev–Trinajstić information content (AvgIpc) is 2.33. The van der Waals surface area contributed by atoms with Gasteiger partial charge in [0.15, 0.2) is 10.8 Å². The Hall–Kier alpha value is -1.16. The van der Waals surface area contributed by atoms with Crippen molar-refractivity contribution in [2.45, 2.75) is 6.92 Å². The van der Waals surface area contributed by atoms with Crippen molar-refractivity contribution in [1.82, 2.24) is 19.5 Å². The van der Waals surface area contributed by atoms with Crippen molar-refractivity contribution < 1.29 is 0 Å². The highest BCUT2D eigenvalue weighted by atomic mass is 35.5. The Labute approximate surface area is 74.2 Å². The number of fused-ring (bicyclic) bond motifs is 1. The van der Waals surface area contributed by atoms with Crippen LogP contribution in [0.5, 0.6) is 0 Å². The van der Waals surface area contributed by atoms with E-state index in [4.69, 9.17) is 11.6 Å². The van der Waals surface area contributed by atoms with E-state index < -0.39 is 0 Å². The van der Waals surface area contributed by atoms with Crippen molar-refractivity contribution in [3.8, 4) is 0 Å². The van der Waals surface area contributed by atoms with E-state index in [1.54, 1.807) is 13.3 Å². The Bertz CT molecular complexity index is 434. The molecule has 0 aliphatic rings. The van der Waals surface area contributed by atoms with E-state index in [-0.39, 0.29) is 0 Å². The second kappa shape index (κ2) is 2.42. The largest absolute Gasteiger partial charge is 0.318 e. The molecule has 0 bridgehead atoms. The molecular weight excluding hydrogens is 176 g/mol. The first kappa shape index (κ1) is 7.49. The first-order valence-electron chi connectivity index (χ1n) is 3.49. The van der Waals surface area contributed by atoms with E-state index in [9.17, 15) is 0 Å². The first-order valence-corrected chi connectivity index (χ1v) is 3.87. The molecule has 5 heteroatoms. The Balaban J connectivity index is 2.92. The maximum absolute atomic E-state index is 5.85. The number of nitrogens with zero attached hydrogens (tertiary/aromatic N) is 4. The molecular formula is C7H7ClN4. The van der Waals surface area contributed by atoms with E-state index in [2.05, 4.69) is 15.0 Å². The Morgan fingerprint density at radius 1 is 1.42 bits per heavy atom. The number of rotatable bonds is 0. The molecule has 0 aliphatic heterocycles. The smallest absolute Gasteiger partial charge is 0.164 e. The summed E-state index contributed by atoms with van der Waals surface area (Å²) in [7, 11) is 1.87. The molecule has 0 aromatic carbocycles. The lowest BCUT2D eigenvalue weighted by Gasteiger charge is -1.95. The molecule has 0 radical (unpaired) electrons. The number of halogens is 1. The lowest BCUT2D eigenvalue weighted by Crippen LogP contribution is -1.93. The molecule has 4 nitrogen and oxygen atoms in total. The summed E-state index contributed by atoms with van der Waals surface area (Å²) in [5.74, 6) is 0.663. The van der Waals surface area contributed by atoms with Gasteiger partial charge in [-0.15, -0.1) is 0 Å². The van der Waals surface area contributed by atoms with Crippen LogP contribution in [0, 0.1) is 6.92 Å². The van der Waals surface area contributed by atoms with Gasteiger partial charge in [0.05, 0.1) is 6.33 Å². The Morgan fingerprint density at radius 2 is 2.17 bits per heavy atom. The second-order valence-electron chi connectivity index (χ2n) is 2.59. The van der Waals surface area contributed by atoms with Gasteiger partial charge >= 0.3 is 0 Å². The lowest BCUT2D eigenvalue weighted by atomic mass is 10.5. The maximum Gasteiger partial charge on any atom is 0.164 e. The van der Waals surface area contributed by atoms with Gasteiger partial charge in [-0.1, -0.05) is 11.6 Å². The molecule has 12 heavy (non-hydrogen) atoms. The summed E-state index contributed by atoms with van der Waals surface area (Å²) < 4.78 is 1.82. The van der Waals surface area contributed by atoms with Gasteiger partial charge in [0.1, 0.15) is 11.3 Å². The average molecular weight is 183 g/mol. The van der Waals surface area contributed by atoms with Gasteiger partial charge in [-0.2, -0.15) is 0 Å². The predicted octanol–water partition coefficient (Wildman–Crippen LogP) is 1.33. The Kier molecular flexibility index (Phi) is 1.51. The van der Waals surface area contributed by atoms with E-state index in [1.807, 2.05) is 11.6 Å². The van der Waals surface area contributed by atoms with Crippen LogP contribution in [0.3, 0.4) is 0 Å². The van der Waals surface area contributed by atoms with Gasteiger partial charge in [0.25, 0.3) is 0 Å². The fourth-order valence-corrected chi connectivity index (χ4v) is 1.33. The van der Waals surface area contributed by atoms with Crippen LogP contribution < -0.4 is 0 Å². The van der Waals surface area contributed by atoms with Gasteiger partial charge in [-0.3, -0.25) is 0 Å². The maximum atomic E-state index is 5.85. The fraction of sp³-hybridized carbons (Fsp3) is 0.286. The molecule has 0 amide bonds. The minimum atomic E-state index is 0.415. The summed E-state index contributed by atoms with van der Waals surface area (Å²) in [6.45, 7) is 1.80. The van der Waals surface area contributed by atoms with Gasteiger partial charge in [0.2, 0.25) is 0 Å². The van der Waals surface area contributed by atoms with Crippen LogP contribution in [0.2, 0.25) is 5.15 Å². The zero-order chi connectivity index (χ0) is 8.72. The van der Waals surface area contributed by atoms with E-state index >= 15 is 0 Å². The molecule has 0 unspecified atom stereocenters. The van der Waals surface area contributed by atoms with Crippen LogP contribution in [0.1, 0.15) is 5.82 Å². The van der Waals surface area contributed by atoms with Gasteiger partial charge in [-0.05, 0) is 6.92 Å². The third kappa shape index (κ3) is 0.956. The fourth-order valence-electron chi connectivity index (χ4n) is 1.07. The minimum Gasteiger partial charge on any atom is -0.318 e. The van der Waals surface area contributed by atoms with E-state index in [1.165, 1.54) is 0 Å². The van der Waals surface area contributed by atoms with Gasteiger partial charge < -0.3 is 4.57 Å². The molecule has 0 spiro atoms. The summed E-state index contributed by atoms with van der Waals surface area (Å²) in [6, 6.07) is 0. The normalized spacial score (nSPS) is 10.9. The van der Waals surface area contributed by atoms with Crippen molar-refractivity contribution in [1.29, 1.82) is 0 Å². The molecule has 0 saturated carbocycles. The van der Waals surface area contributed by atoms with Gasteiger partial charge in [0, 0.05) is 7.05 Å². The first-order chi connectivity index (χ1) is 5.68. The number of aryl methyl sites for hydroxylation is 2. The zero-order valence-electron chi connectivity index (χ0n) is 6.74. The topological polar surface area (TPSA) is 43.6 Å². The van der Waals surface area contributed by atoms with Crippen LogP contribution in [0.4, 0.5) is 0 Å². The minimum absolute atomic E-state index is 0.415. The van der Waals surface area contributed by atoms with E-state index in [0.29, 0.717) is 16.5 Å². The highest BCUT2D eigenvalue weighted by Crippen LogP contribution is 2.17. The zero-order valence-corrected chi connectivity index (χ0v) is 7.50. The molecule has 0 atom stereocenters. The second-order valence-corrected chi connectivity index (χ2v) is 2.95. The molecule has 0 N–H and O–H groups in total. The number of hydrogen-bond donors (Lipinski definition) is 0. The van der Waals surface area contributed by atoms with Crippen LogP contribution in [-0.4, -0.2) is 19.5 Å². The summed E-state index contributed by atoms with van der Waals surface area (Å²) in [5, 5.41) is 0.415. The third-order valence-electron chi connectivity index (χ3n) is 1.63. The summed E-state index contributed by atoms with van der Waals surface area (Å²) in [5.41, 5.74) is 1.43. The summed E-state index contributed by atoms with van der Waals surface area (Å²) >= 11 is 5.85.